The molecule has 0 bridgehead atoms. The van der Waals surface area contributed by atoms with Crippen molar-refractivity contribution in [3.8, 4) is 16.9 Å². The summed E-state index contributed by atoms with van der Waals surface area (Å²) in [7, 11) is -4.00. The van der Waals surface area contributed by atoms with E-state index in [-0.39, 0.29) is 23.2 Å². The molecule has 14 heteroatoms. The van der Waals surface area contributed by atoms with Crippen LogP contribution in [0.15, 0.2) is 71.8 Å². The molecule has 3 heterocycles. The van der Waals surface area contributed by atoms with Crippen molar-refractivity contribution in [2.24, 2.45) is 0 Å². The van der Waals surface area contributed by atoms with Gasteiger partial charge >= 0.3 is 6.09 Å². The van der Waals surface area contributed by atoms with Crippen LogP contribution in [0.3, 0.4) is 0 Å². The topological polar surface area (TPSA) is 129 Å². The second-order valence-corrected chi connectivity index (χ2v) is 14.2. The van der Waals surface area contributed by atoms with Gasteiger partial charge in [-0.25, -0.2) is 27.0 Å². The van der Waals surface area contributed by atoms with Gasteiger partial charge in [0, 0.05) is 36.3 Å². The smallest absolute Gasteiger partial charge is 0.413 e. The van der Waals surface area contributed by atoms with Crippen LogP contribution in [0.4, 0.5) is 19.4 Å². The maximum absolute atomic E-state index is 13.2. The van der Waals surface area contributed by atoms with Crippen LogP contribution in [-0.2, 0) is 27.8 Å². The second kappa shape index (κ2) is 12.0. The van der Waals surface area contributed by atoms with E-state index in [4.69, 9.17) is 16.3 Å². The summed E-state index contributed by atoms with van der Waals surface area (Å²) in [5.41, 5.74) is 2.23. The largest absolute Gasteiger partial charge is 0.484 e. The van der Waals surface area contributed by atoms with E-state index in [0.29, 0.717) is 28.3 Å². The molecule has 45 heavy (non-hydrogen) atoms. The maximum Gasteiger partial charge on any atom is 0.413 e. The first-order valence-electron chi connectivity index (χ1n) is 14.0. The molecule has 1 unspecified atom stereocenters. The Morgan fingerprint density at radius 3 is 2.42 bits per heavy atom. The lowest BCUT2D eigenvalue weighted by Crippen LogP contribution is -2.58. The van der Waals surface area contributed by atoms with Gasteiger partial charge < -0.3 is 15.2 Å². The normalized spacial score (nSPS) is 17.8. The van der Waals surface area contributed by atoms with Gasteiger partial charge in [0.05, 0.1) is 23.0 Å². The number of anilines is 1. The molecular formula is C31H31ClF2N4O6S. The van der Waals surface area contributed by atoms with Crippen molar-refractivity contribution >= 4 is 39.4 Å². The number of hydrogen-bond donors (Lipinski definition) is 2. The molecule has 2 amide bonds. The summed E-state index contributed by atoms with van der Waals surface area (Å²) in [5.74, 6) is -2.58. The molecule has 0 aliphatic carbocycles. The lowest BCUT2D eigenvalue weighted by Gasteiger charge is -2.37. The zero-order valence-corrected chi connectivity index (χ0v) is 26.2. The van der Waals surface area contributed by atoms with E-state index in [0.717, 1.165) is 20.3 Å². The van der Waals surface area contributed by atoms with E-state index >= 15 is 0 Å². The number of alkyl halides is 2. The number of amides is 2. The number of carboxylic acid groups (broad SMARTS) is 1. The Hall–Kier alpha value is -4.07. The standard InChI is InChI=1S/C31H31ClF2N4O6S/c1-30(2,3)38(29(40)41)26-10-4-19(15-35-26)16-36-27(39)11-7-23-13-22-12-21(14-25(32)28(22)44-23)20-5-8-24(9-6-20)45(42,43)37-17-31(33,34)18-37/h4-12,14-15,23H,13,16-18H2,1-3H3,(H,36,39)(H,40,41)/b11-7+. The fourth-order valence-corrected chi connectivity index (χ4v) is 6.83. The quantitative estimate of drug-likeness (QED) is 0.305. The first kappa shape index (κ1) is 32.3. The fraction of sp³-hybridized carbons (Fsp3) is 0.323. The first-order chi connectivity index (χ1) is 21.0. The van der Waals surface area contributed by atoms with Crippen LogP contribution >= 0.6 is 11.6 Å². The summed E-state index contributed by atoms with van der Waals surface area (Å²) in [6, 6.07) is 12.8. The monoisotopic (exact) mass is 660 g/mol. The number of carbonyl (C=O) groups excluding carboxylic acids is 1. The average Bonchev–Trinajstić information content (AvgIpc) is 3.37. The van der Waals surface area contributed by atoms with Crippen LogP contribution in [-0.4, -0.2) is 65.5 Å². The Bertz CT molecular complexity index is 1750. The molecule has 1 atom stereocenters. The predicted molar refractivity (Wildman–Crippen MR) is 164 cm³/mol. The molecule has 2 aliphatic rings. The Morgan fingerprint density at radius 2 is 1.84 bits per heavy atom. The van der Waals surface area contributed by atoms with Crippen molar-refractivity contribution in [1.82, 2.24) is 14.6 Å². The molecule has 1 saturated heterocycles. The first-order valence-corrected chi connectivity index (χ1v) is 15.8. The van der Waals surface area contributed by atoms with Gasteiger partial charge in [-0.05, 0) is 73.9 Å². The van der Waals surface area contributed by atoms with Crippen molar-refractivity contribution in [2.45, 2.75) is 56.2 Å². The summed E-state index contributed by atoms with van der Waals surface area (Å²) in [4.78, 5) is 29.5. The molecule has 5 rings (SSSR count). The van der Waals surface area contributed by atoms with Gasteiger partial charge in [0.1, 0.15) is 17.7 Å². The van der Waals surface area contributed by atoms with E-state index in [1.807, 2.05) is 6.07 Å². The molecule has 2 aromatic carbocycles. The molecule has 10 nitrogen and oxygen atoms in total. The highest BCUT2D eigenvalue weighted by molar-refractivity contribution is 7.89. The Kier molecular flexibility index (Phi) is 8.64. The predicted octanol–water partition coefficient (Wildman–Crippen LogP) is 5.50. The molecule has 2 N–H and O–H groups in total. The van der Waals surface area contributed by atoms with Crippen LogP contribution in [0, 0.1) is 0 Å². The summed E-state index contributed by atoms with van der Waals surface area (Å²) >= 11 is 6.50. The van der Waals surface area contributed by atoms with E-state index in [2.05, 4.69) is 10.3 Å². The number of aromatic nitrogens is 1. The molecule has 1 aromatic heterocycles. The third kappa shape index (κ3) is 7.10. The fourth-order valence-electron chi connectivity index (χ4n) is 5.05. The third-order valence-corrected chi connectivity index (χ3v) is 9.37. The number of rotatable bonds is 8. The molecule has 3 aromatic rings. The summed E-state index contributed by atoms with van der Waals surface area (Å²) in [6.45, 7) is 3.83. The van der Waals surface area contributed by atoms with Crippen LogP contribution in [0.5, 0.6) is 5.75 Å². The third-order valence-electron chi connectivity index (χ3n) is 7.28. The minimum atomic E-state index is -4.00. The number of pyridine rings is 1. The van der Waals surface area contributed by atoms with Crippen LogP contribution < -0.4 is 15.0 Å². The Labute approximate surface area is 264 Å². The van der Waals surface area contributed by atoms with Gasteiger partial charge in [0.2, 0.25) is 15.9 Å². The van der Waals surface area contributed by atoms with Crippen LogP contribution in [0.25, 0.3) is 11.1 Å². The zero-order valence-electron chi connectivity index (χ0n) is 24.6. The van der Waals surface area contributed by atoms with E-state index in [1.165, 1.54) is 24.4 Å². The van der Waals surface area contributed by atoms with Gasteiger partial charge in [-0.15, -0.1) is 0 Å². The summed E-state index contributed by atoms with van der Waals surface area (Å²) in [6.07, 6.45) is 3.39. The Balaban J connectivity index is 1.17. The minimum absolute atomic E-state index is 0.0699. The highest BCUT2D eigenvalue weighted by Gasteiger charge is 2.49. The van der Waals surface area contributed by atoms with E-state index in [1.54, 1.807) is 57.2 Å². The number of benzene rings is 2. The molecule has 238 valence electrons. The number of fused-ring (bicyclic) bond motifs is 1. The highest BCUT2D eigenvalue weighted by atomic mass is 35.5. The van der Waals surface area contributed by atoms with Crippen molar-refractivity contribution in [2.75, 3.05) is 18.0 Å². The van der Waals surface area contributed by atoms with Gasteiger partial charge in [-0.3, -0.25) is 9.69 Å². The molecule has 1 fully saturated rings. The van der Waals surface area contributed by atoms with Gasteiger partial charge in [0.25, 0.3) is 5.92 Å². The maximum atomic E-state index is 13.2. The zero-order chi connectivity index (χ0) is 32.7. The summed E-state index contributed by atoms with van der Waals surface area (Å²) < 4.78 is 58.3. The highest BCUT2D eigenvalue weighted by Crippen LogP contribution is 2.40. The number of ether oxygens (including phenoxy) is 1. The van der Waals surface area contributed by atoms with Crippen LogP contribution in [0.1, 0.15) is 31.9 Å². The van der Waals surface area contributed by atoms with Gasteiger partial charge in [-0.1, -0.05) is 29.8 Å². The molecular weight excluding hydrogens is 630 g/mol. The average molecular weight is 661 g/mol. The van der Waals surface area contributed by atoms with Crippen LogP contribution in [0.2, 0.25) is 5.02 Å². The van der Waals surface area contributed by atoms with E-state index in [9.17, 15) is 31.9 Å². The Morgan fingerprint density at radius 1 is 1.16 bits per heavy atom. The van der Waals surface area contributed by atoms with Crippen molar-refractivity contribution in [3.05, 3.63) is 83.0 Å². The van der Waals surface area contributed by atoms with Crippen molar-refractivity contribution < 1.29 is 36.6 Å². The lowest BCUT2D eigenvalue weighted by molar-refractivity contribution is -0.116. The second-order valence-electron chi connectivity index (χ2n) is 11.9. The SMILES string of the molecule is CC(C)(C)N(C(=O)O)c1ccc(CNC(=O)/C=C/C2Cc3cc(-c4ccc(S(=O)(=O)N5CC(F)(F)C5)cc4)cc(Cl)c3O2)cn1. The van der Waals surface area contributed by atoms with Crippen molar-refractivity contribution in [3.63, 3.8) is 0 Å². The molecule has 0 spiro atoms. The molecule has 0 saturated carbocycles. The summed E-state index contributed by atoms with van der Waals surface area (Å²) in [5, 5.41) is 12.6. The minimum Gasteiger partial charge on any atom is -0.484 e. The number of sulfonamides is 1. The van der Waals surface area contributed by atoms with E-state index < -0.39 is 46.8 Å². The van der Waals surface area contributed by atoms with Crippen molar-refractivity contribution in [1.29, 1.82) is 0 Å². The number of nitrogens with zero attached hydrogens (tertiary/aromatic N) is 3. The molecule has 2 aliphatic heterocycles. The van der Waals surface area contributed by atoms with Gasteiger partial charge in [-0.2, -0.15) is 4.31 Å². The molecule has 0 radical (unpaired) electrons. The lowest BCUT2D eigenvalue weighted by atomic mass is 10.0. The van der Waals surface area contributed by atoms with Gasteiger partial charge in [0.15, 0.2) is 0 Å². The number of hydrogen-bond acceptors (Lipinski definition) is 6. The number of carbonyl (C=O) groups is 2. The number of nitrogens with one attached hydrogen (secondary N) is 1. The number of halogens is 3.